The molecule has 0 aromatic heterocycles. The lowest BCUT2D eigenvalue weighted by Gasteiger charge is -2.31. The summed E-state index contributed by atoms with van der Waals surface area (Å²) in [4.78, 5) is 31.1. The van der Waals surface area contributed by atoms with Gasteiger partial charge in [-0.1, -0.05) is 19.1 Å². The number of carbonyl (C=O) groups excluding carboxylic acids is 2. The van der Waals surface area contributed by atoms with E-state index in [0.29, 0.717) is 48.7 Å². The van der Waals surface area contributed by atoms with Crippen molar-refractivity contribution in [3.8, 4) is 11.5 Å². The molecule has 0 aliphatic carbocycles. The number of carbonyl (C=O) groups is 2. The van der Waals surface area contributed by atoms with E-state index in [1.807, 2.05) is 7.05 Å². The van der Waals surface area contributed by atoms with E-state index in [2.05, 4.69) is 4.90 Å². The van der Waals surface area contributed by atoms with Gasteiger partial charge in [0.05, 0.1) is 12.8 Å². The number of hydrogen-bond donors (Lipinski definition) is 0. The molecule has 0 atom stereocenters. The van der Waals surface area contributed by atoms with Gasteiger partial charge in [-0.15, -0.1) is 0 Å². The number of rotatable bonds is 5. The standard InChI is InChI=1S/C26H33F2N3O4/c1-4-25(32)31-14-8-12-29(2)11-7-13-30(17-19-15-20(27)21(28)16-22(19)31)26(33)18-35-24-10-6-5-9-23(24)34-3/h5-6,9-10,15-16H,4,7-8,11-14,17-18H2,1-3H3. The third kappa shape index (κ3) is 6.91. The maximum Gasteiger partial charge on any atom is 0.260 e. The number of nitrogens with zero attached hydrogens (tertiary/aromatic N) is 3. The molecule has 0 saturated carbocycles. The van der Waals surface area contributed by atoms with Crippen molar-refractivity contribution in [2.75, 3.05) is 51.8 Å². The molecule has 0 spiro atoms. The minimum Gasteiger partial charge on any atom is -0.493 e. The highest BCUT2D eigenvalue weighted by Crippen LogP contribution is 2.28. The summed E-state index contributed by atoms with van der Waals surface area (Å²) in [7, 11) is 3.50. The van der Waals surface area contributed by atoms with Crippen LogP contribution in [0.25, 0.3) is 0 Å². The van der Waals surface area contributed by atoms with Crippen molar-refractivity contribution in [3.05, 3.63) is 53.6 Å². The Kier molecular flexibility index (Phi) is 9.42. The molecule has 0 fully saturated rings. The van der Waals surface area contributed by atoms with Gasteiger partial charge >= 0.3 is 0 Å². The minimum atomic E-state index is -1.03. The Hall–Kier alpha value is -3.20. The second kappa shape index (κ2) is 12.5. The SMILES string of the molecule is CCC(=O)N1CCCN(C)CCCN(C(=O)COc2ccccc2OC)Cc2cc(F)c(F)cc21. The maximum absolute atomic E-state index is 14.3. The zero-order valence-corrected chi connectivity index (χ0v) is 20.6. The number of ether oxygens (including phenoxy) is 2. The summed E-state index contributed by atoms with van der Waals surface area (Å²) in [5, 5.41) is 0. The largest absolute Gasteiger partial charge is 0.493 e. The van der Waals surface area contributed by atoms with Gasteiger partial charge in [0.15, 0.2) is 29.7 Å². The molecule has 2 aromatic rings. The normalized spacial score (nSPS) is 15.6. The van der Waals surface area contributed by atoms with Crippen molar-refractivity contribution in [2.45, 2.75) is 32.7 Å². The highest BCUT2D eigenvalue weighted by Gasteiger charge is 2.24. The second-order valence-electron chi connectivity index (χ2n) is 8.56. The van der Waals surface area contributed by atoms with Gasteiger partial charge in [-0.2, -0.15) is 0 Å². The fourth-order valence-corrected chi connectivity index (χ4v) is 4.13. The predicted octanol–water partition coefficient (Wildman–Crippen LogP) is 3.85. The molecular formula is C26H33F2N3O4. The Morgan fingerprint density at radius 1 is 0.943 bits per heavy atom. The van der Waals surface area contributed by atoms with E-state index in [1.165, 1.54) is 12.0 Å². The Bertz CT molecular complexity index is 1030. The topological polar surface area (TPSA) is 62.3 Å². The Morgan fingerprint density at radius 3 is 2.29 bits per heavy atom. The van der Waals surface area contributed by atoms with E-state index < -0.39 is 11.6 Å². The number of para-hydroxylation sites is 2. The molecule has 7 nitrogen and oxygen atoms in total. The molecule has 1 heterocycles. The van der Waals surface area contributed by atoms with Crippen LogP contribution in [0.5, 0.6) is 11.5 Å². The number of anilines is 1. The smallest absolute Gasteiger partial charge is 0.260 e. The number of methoxy groups -OCH3 is 1. The van der Waals surface area contributed by atoms with Gasteiger partial charge in [0.1, 0.15) is 0 Å². The lowest BCUT2D eigenvalue weighted by Crippen LogP contribution is -2.39. The van der Waals surface area contributed by atoms with Gasteiger partial charge in [-0.3, -0.25) is 9.59 Å². The first-order chi connectivity index (χ1) is 16.8. The Labute approximate surface area is 205 Å². The van der Waals surface area contributed by atoms with Crippen LogP contribution < -0.4 is 14.4 Å². The highest BCUT2D eigenvalue weighted by atomic mass is 19.2. The summed E-state index contributed by atoms with van der Waals surface area (Å²) in [5.41, 5.74) is 0.674. The highest BCUT2D eigenvalue weighted by molar-refractivity contribution is 5.94. The summed E-state index contributed by atoms with van der Waals surface area (Å²) in [5.74, 6) is -1.59. The van der Waals surface area contributed by atoms with Gasteiger partial charge < -0.3 is 24.2 Å². The summed E-state index contributed by atoms with van der Waals surface area (Å²) < 4.78 is 39.5. The fourth-order valence-electron chi connectivity index (χ4n) is 4.13. The molecule has 1 aliphatic rings. The van der Waals surface area contributed by atoms with Crippen LogP contribution in [-0.2, 0) is 16.1 Å². The molecule has 35 heavy (non-hydrogen) atoms. The number of hydrogen-bond acceptors (Lipinski definition) is 5. The van der Waals surface area contributed by atoms with Gasteiger partial charge in [-0.25, -0.2) is 8.78 Å². The van der Waals surface area contributed by atoms with Crippen LogP contribution in [0.1, 0.15) is 31.7 Å². The third-order valence-electron chi connectivity index (χ3n) is 6.04. The first kappa shape index (κ1) is 26.4. The lowest BCUT2D eigenvalue weighted by atomic mass is 10.1. The van der Waals surface area contributed by atoms with E-state index >= 15 is 0 Å². The number of benzene rings is 2. The molecule has 190 valence electrons. The van der Waals surface area contributed by atoms with E-state index in [-0.39, 0.29) is 31.4 Å². The average Bonchev–Trinajstić information content (AvgIpc) is 2.85. The van der Waals surface area contributed by atoms with E-state index in [9.17, 15) is 18.4 Å². The quantitative estimate of drug-likeness (QED) is 0.639. The maximum atomic E-state index is 14.3. The average molecular weight is 490 g/mol. The summed E-state index contributed by atoms with van der Waals surface area (Å²) >= 11 is 0. The first-order valence-electron chi connectivity index (χ1n) is 11.8. The third-order valence-corrected chi connectivity index (χ3v) is 6.04. The second-order valence-corrected chi connectivity index (χ2v) is 8.56. The van der Waals surface area contributed by atoms with Gasteiger partial charge in [-0.05, 0) is 56.7 Å². The molecule has 2 aromatic carbocycles. The van der Waals surface area contributed by atoms with Gasteiger partial charge in [0.2, 0.25) is 5.91 Å². The molecule has 3 rings (SSSR count). The number of amides is 2. The molecule has 0 bridgehead atoms. The number of fused-ring (bicyclic) bond motifs is 1. The van der Waals surface area contributed by atoms with Gasteiger partial charge in [0, 0.05) is 32.1 Å². The van der Waals surface area contributed by atoms with Gasteiger partial charge in [0.25, 0.3) is 5.91 Å². The van der Waals surface area contributed by atoms with Crippen molar-refractivity contribution in [1.29, 1.82) is 0 Å². The van der Waals surface area contributed by atoms with Crippen LogP contribution >= 0.6 is 0 Å². The molecular weight excluding hydrogens is 456 g/mol. The van der Waals surface area contributed by atoms with Crippen molar-refractivity contribution in [1.82, 2.24) is 9.80 Å². The van der Waals surface area contributed by atoms with E-state index in [0.717, 1.165) is 25.2 Å². The van der Waals surface area contributed by atoms with Crippen molar-refractivity contribution in [2.24, 2.45) is 0 Å². The zero-order valence-electron chi connectivity index (χ0n) is 20.6. The summed E-state index contributed by atoms with van der Waals surface area (Å²) in [6, 6.07) is 9.16. The molecule has 0 radical (unpaired) electrons. The van der Waals surface area contributed by atoms with Crippen LogP contribution in [0.15, 0.2) is 36.4 Å². The predicted molar refractivity (Wildman–Crippen MR) is 130 cm³/mol. The summed E-state index contributed by atoms with van der Waals surface area (Å²) in [6.07, 6.45) is 1.62. The van der Waals surface area contributed by atoms with Crippen molar-refractivity contribution < 1.29 is 27.8 Å². The molecule has 1 aliphatic heterocycles. The molecule has 9 heteroatoms. The van der Waals surface area contributed by atoms with Crippen LogP contribution in [0, 0.1) is 11.6 Å². The molecule has 0 unspecified atom stereocenters. The minimum absolute atomic E-state index is 0.0257. The van der Waals surface area contributed by atoms with Crippen molar-refractivity contribution >= 4 is 17.5 Å². The van der Waals surface area contributed by atoms with Crippen molar-refractivity contribution in [3.63, 3.8) is 0 Å². The van der Waals surface area contributed by atoms with Crippen LogP contribution in [0.2, 0.25) is 0 Å². The Balaban J connectivity index is 1.91. The molecule has 0 N–H and O–H groups in total. The molecule has 2 amide bonds. The fraction of sp³-hybridized carbons (Fsp3) is 0.462. The van der Waals surface area contributed by atoms with E-state index in [1.54, 1.807) is 36.1 Å². The molecule has 0 saturated heterocycles. The van der Waals surface area contributed by atoms with Crippen LogP contribution in [0.3, 0.4) is 0 Å². The van der Waals surface area contributed by atoms with Crippen LogP contribution in [-0.4, -0.2) is 68.6 Å². The summed E-state index contributed by atoms with van der Waals surface area (Å²) in [6.45, 7) is 3.78. The van der Waals surface area contributed by atoms with Crippen LogP contribution in [0.4, 0.5) is 14.5 Å². The van der Waals surface area contributed by atoms with E-state index in [4.69, 9.17) is 9.47 Å². The Morgan fingerprint density at radius 2 is 1.60 bits per heavy atom. The first-order valence-corrected chi connectivity index (χ1v) is 11.8. The zero-order chi connectivity index (χ0) is 25.4. The monoisotopic (exact) mass is 489 g/mol. The lowest BCUT2D eigenvalue weighted by molar-refractivity contribution is -0.134. The number of halogens is 2.